The van der Waals surface area contributed by atoms with Crippen LogP contribution in [0.3, 0.4) is 0 Å². The third-order valence-corrected chi connectivity index (χ3v) is 5.95. The molecule has 0 radical (unpaired) electrons. The molecule has 1 aromatic carbocycles. The summed E-state index contributed by atoms with van der Waals surface area (Å²) in [4.78, 5) is 15.7. The second kappa shape index (κ2) is 6.70. The van der Waals surface area contributed by atoms with Crippen LogP contribution in [-0.4, -0.2) is 43.2 Å². The average Bonchev–Trinajstić information content (AvgIpc) is 2.44. The van der Waals surface area contributed by atoms with E-state index < -0.39 is 38.8 Å². The minimum absolute atomic E-state index is 0.0542. The number of sulfonamides is 1. The molecule has 7 nitrogen and oxygen atoms in total. The first-order valence-corrected chi connectivity index (χ1v) is 9.75. The normalized spacial score (nSPS) is 24.3. The molecule has 26 heavy (non-hydrogen) atoms. The largest absolute Gasteiger partial charge is 0.442 e. The number of ether oxygens (including phenoxy) is 1. The number of hydrogen-bond donors (Lipinski definition) is 1. The van der Waals surface area contributed by atoms with Gasteiger partial charge in [-0.05, 0) is 33.8 Å². The summed E-state index contributed by atoms with van der Waals surface area (Å²) in [6, 6.07) is 4.31. The van der Waals surface area contributed by atoms with Crippen molar-refractivity contribution in [2.24, 2.45) is 4.99 Å². The fraction of sp³-hybridized carbons (Fsp3) is 0.500. The van der Waals surface area contributed by atoms with E-state index in [1.54, 1.807) is 20.8 Å². The highest BCUT2D eigenvalue weighted by Gasteiger charge is 2.44. The van der Waals surface area contributed by atoms with Gasteiger partial charge in [-0.25, -0.2) is 21.9 Å². The highest BCUT2D eigenvalue weighted by molar-refractivity contribution is 7.89. The van der Waals surface area contributed by atoms with E-state index in [1.165, 1.54) is 32.2 Å². The molecule has 1 amide bonds. The predicted molar refractivity (Wildman–Crippen MR) is 97.1 cm³/mol. The summed E-state index contributed by atoms with van der Waals surface area (Å²) in [5.41, 5.74) is -2.12. The molecule has 1 saturated heterocycles. The Morgan fingerprint density at radius 2 is 2.04 bits per heavy atom. The van der Waals surface area contributed by atoms with Crippen molar-refractivity contribution < 1.29 is 22.3 Å². The summed E-state index contributed by atoms with van der Waals surface area (Å²) in [6.07, 6.45) is -0.960. The number of aliphatic imine (C=N–C) groups is 1. The third kappa shape index (κ3) is 4.27. The average molecular weight is 406 g/mol. The Kier molecular flexibility index (Phi) is 5.26. The van der Waals surface area contributed by atoms with Gasteiger partial charge in [0.1, 0.15) is 11.4 Å². The topological polar surface area (TPSA) is 88.1 Å². The smallest absolute Gasteiger partial charge is 0.437 e. The van der Waals surface area contributed by atoms with Crippen molar-refractivity contribution in [2.75, 3.05) is 12.8 Å². The molecule has 0 aromatic heterocycles. The Labute approximate surface area is 157 Å². The lowest BCUT2D eigenvalue weighted by atomic mass is 9.93. The monoisotopic (exact) mass is 405 g/mol. The van der Waals surface area contributed by atoms with Gasteiger partial charge in [-0.3, -0.25) is 0 Å². The summed E-state index contributed by atoms with van der Waals surface area (Å²) >= 11 is 5.82. The van der Waals surface area contributed by atoms with E-state index in [0.717, 1.165) is 4.31 Å². The second-order valence-electron chi connectivity index (χ2n) is 7.20. The maximum absolute atomic E-state index is 14.5. The van der Waals surface area contributed by atoms with E-state index in [1.807, 2.05) is 0 Å². The van der Waals surface area contributed by atoms with Gasteiger partial charge in [0, 0.05) is 12.6 Å². The molecule has 1 fully saturated rings. The molecule has 144 valence electrons. The molecule has 1 aliphatic rings. The summed E-state index contributed by atoms with van der Waals surface area (Å²) in [5, 5.41) is 2.70. The van der Waals surface area contributed by atoms with Crippen molar-refractivity contribution in [1.29, 1.82) is 0 Å². The number of hydrogen-bond acceptors (Lipinski definition) is 4. The molecule has 1 N–H and O–H groups in total. The lowest BCUT2D eigenvalue weighted by Gasteiger charge is -2.40. The molecule has 0 spiro atoms. The van der Waals surface area contributed by atoms with Crippen molar-refractivity contribution in [2.45, 2.75) is 38.8 Å². The van der Waals surface area contributed by atoms with Crippen LogP contribution in [0.25, 0.3) is 0 Å². The maximum Gasteiger partial charge on any atom is 0.437 e. The van der Waals surface area contributed by atoms with Gasteiger partial charge in [0.25, 0.3) is 0 Å². The Bertz CT molecular complexity index is 867. The van der Waals surface area contributed by atoms with Crippen LogP contribution in [0.5, 0.6) is 0 Å². The van der Waals surface area contributed by atoms with E-state index in [4.69, 9.17) is 16.3 Å². The standard InChI is InChI=1S/C16H21ClFN3O4S/c1-15(2,3)25-14(22)19-13-20-16(4,9-26(23,24)21(13)5)10-7-6-8-11(17)12(10)18/h6-8H,9H2,1-5H3,(H,19,20,22)/t16-/m0/s1. The number of carbonyl (C=O) groups excluding carboxylic acids is 1. The highest BCUT2D eigenvalue weighted by atomic mass is 35.5. The van der Waals surface area contributed by atoms with Gasteiger partial charge in [0.15, 0.2) is 0 Å². The number of nitrogens with one attached hydrogen (secondary N) is 1. The molecule has 1 atom stereocenters. The number of rotatable bonds is 1. The quantitative estimate of drug-likeness (QED) is 0.776. The maximum atomic E-state index is 14.5. The Morgan fingerprint density at radius 1 is 1.42 bits per heavy atom. The van der Waals surface area contributed by atoms with Crippen LogP contribution < -0.4 is 5.32 Å². The first kappa shape index (κ1) is 20.4. The van der Waals surface area contributed by atoms with E-state index in [2.05, 4.69) is 10.3 Å². The van der Waals surface area contributed by atoms with Crippen LogP contribution in [0.2, 0.25) is 5.02 Å². The second-order valence-corrected chi connectivity index (χ2v) is 9.61. The van der Waals surface area contributed by atoms with E-state index >= 15 is 0 Å². The first-order chi connectivity index (χ1) is 11.8. The molecule has 1 aromatic rings. The minimum atomic E-state index is -3.86. The van der Waals surface area contributed by atoms with Crippen LogP contribution in [0.4, 0.5) is 9.18 Å². The fourth-order valence-corrected chi connectivity index (χ4v) is 4.17. The van der Waals surface area contributed by atoms with Crippen LogP contribution >= 0.6 is 11.6 Å². The lowest BCUT2D eigenvalue weighted by Crippen LogP contribution is -2.61. The highest BCUT2D eigenvalue weighted by Crippen LogP contribution is 2.32. The van der Waals surface area contributed by atoms with Crippen molar-refractivity contribution in [3.05, 3.63) is 34.6 Å². The first-order valence-electron chi connectivity index (χ1n) is 7.76. The minimum Gasteiger partial charge on any atom is -0.442 e. The molecule has 10 heteroatoms. The summed E-state index contributed by atoms with van der Waals surface area (Å²) in [6.45, 7) is 6.47. The lowest BCUT2D eigenvalue weighted by molar-refractivity contribution is 0.0602. The van der Waals surface area contributed by atoms with Crippen molar-refractivity contribution in [1.82, 2.24) is 9.62 Å². The van der Waals surface area contributed by atoms with Crippen LogP contribution in [0, 0.1) is 5.82 Å². The van der Waals surface area contributed by atoms with Gasteiger partial charge in [0.2, 0.25) is 16.0 Å². The SMILES string of the molecule is CN1/C(=N/C(=O)OC(C)(C)C)N[C@](C)(c2cccc(Cl)c2F)CS1(=O)=O. The van der Waals surface area contributed by atoms with E-state index in [0.29, 0.717) is 0 Å². The Hall–Kier alpha value is -1.87. The number of nitrogens with zero attached hydrogens (tertiary/aromatic N) is 2. The molecule has 1 aliphatic heterocycles. The summed E-state index contributed by atoms with van der Waals surface area (Å²) in [7, 11) is -2.61. The Balaban J connectivity index is 2.49. The van der Waals surface area contributed by atoms with Gasteiger partial charge in [-0.2, -0.15) is 0 Å². The van der Waals surface area contributed by atoms with Crippen molar-refractivity contribution in [3.63, 3.8) is 0 Å². The molecule has 0 unspecified atom stereocenters. The molecule has 1 heterocycles. The third-order valence-electron chi connectivity index (χ3n) is 3.71. The van der Waals surface area contributed by atoms with Gasteiger partial charge >= 0.3 is 6.09 Å². The molecule has 2 rings (SSSR count). The van der Waals surface area contributed by atoms with Gasteiger partial charge in [-0.15, -0.1) is 4.99 Å². The van der Waals surface area contributed by atoms with Gasteiger partial charge < -0.3 is 10.1 Å². The molecular weight excluding hydrogens is 385 g/mol. The van der Waals surface area contributed by atoms with Gasteiger partial charge in [0.05, 0.1) is 16.3 Å². The molecular formula is C16H21ClFN3O4S. The molecule has 0 saturated carbocycles. The summed E-state index contributed by atoms with van der Waals surface area (Å²) in [5.74, 6) is -1.44. The number of guanidine groups is 1. The zero-order chi connectivity index (χ0) is 19.9. The zero-order valence-electron chi connectivity index (χ0n) is 15.1. The molecule has 0 bridgehead atoms. The number of carbonyl (C=O) groups is 1. The number of halogens is 2. The summed E-state index contributed by atoms with van der Waals surface area (Å²) < 4.78 is 45.5. The molecule has 0 aliphatic carbocycles. The zero-order valence-corrected chi connectivity index (χ0v) is 16.7. The van der Waals surface area contributed by atoms with Crippen LogP contribution in [0.15, 0.2) is 23.2 Å². The van der Waals surface area contributed by atoms with Gasteiger partial charge in [-0.1, -0.05) is 23.7 Å². The van der Waals surface area contributed by atoms with Crippen LogP contribution in [-0.2, 0) is 20.3 Å². The predicted octanol–water partition coefficient (Wildman–Crippen LogP) is 2.85. The Morgan fingerprint density at radius 3 is 2.62 bits per heavy atom. The fourth-order valence-electron chi connectivity index (χ4n) is 2.50. The number of benzene rings is 1. The van der Waals surface area contributed by atoms with Crippen molar-refractivity contribution >= 4 is 33.7 Å². The van der Waals surface area contributed by atoms with E-state index in [-0.39, 0.29) is 16.5 Å². The van der Waals surface area contributed by atoms with Crippen LogP contribution in [0.1, 0.15) is 33.3 Å². The van der Waals surface area contributed by atoms with Crippen molar-refractivity contribution in [3.8, 4) is 0 Å². The van der Waals surface area contributed by atoms with E-state index in [9.17, 15) is 17.6 Å². The number of amides is 1.